The lowest BCUT2D eigenvalue weighted by Gasteiger charge is -2.22. The minimum atomic E-state index is 0.143. The van der Waals surface area contributed by atoms with Crippen LogP contribution in [-0.4, -0.2) is 41.7 Å². The summed E-state index contributed by atoms with van der Waals surface area (Å²) in [6.07, 6.45) is 3.04. The molecule has 1 amide bonds. The van der Waals surface area contributed by atoms with Crippen molar-refractivity contribution in [3.8, 4) is 0 Å². The van der Waals surface area contributed by atoms with E-state index >= 15 is 0 Å². The molecule has 1 unspecified atom stereocenters. The Labute approximate surface area is 125 Å². The van der Waals surface area contributed by atoms with Crippen LogP contribution in [-0.2, 0) is 23.0 Å². The van der Waals surface area contributed by atoms with Crippen LogP contribution in [0.15, 0.2) is 30.5 Å². The highest BCUT2D eigenvalue weighted by Gasteiger charge is 2.20. The van der Waals surface area contributed by atoms with E-state index in [1.807, 2.05) is 4.90 Å². The maximum Gasteiger partial charge on any atom is 0.219 e. The second-order valence-electron chi connectivity index (χ2n) is 5.93. The first-order chi connectivity index (χ1) is 10.1. The lowest BCUT2D eigenvalue weighted by molar-refractivity contribution is -0.129. The van der Waals surface area contributed by atoms with Crippen molar-refractivity contribution in [2.45, 2.75) is 13.3 Å². The number of carbonyl (C=O) groups excluding carboxylic acids is 1. The molecule has 1 fully saturated rings. The number of fused-ring (bicyclic) bond motifs is 1. The summed E-state index contributed by atoms with van der Waals surface area (Å²) < 4.78 is 7.78. The highest BCUT2D eigenvalue weighted by molar-refractivity contribution is 5.80. The summed E-state index contributed by atoms with van der Waals surface area (Å²) in [7, 11) is 2.06. The van der Waals surface area contributed by atoms with Gasteiger partial charge in [0.1, 0.15) is 0 Å². The maximum absolute atomic E-state index is 11.6. The first-order valence-electron chi connectivity index (χ1n) is 7.50. The summed E-state index contributed by atoms with van der Waals surface area (Å²) in [5, 5.41) is 1.27. The predicted octanol–water partition coefficient (Wildman–Crippen LogP) is 2.22. The molecule has 2 heterocycles. The van der Waals surface area contributed by atoms with Crippen molar-refractivity contribution < 1.29 is 9.53 Å². The van der Waals surface area contributed by atoms with Crippen LogP contribution in [0.4, 0.5) is 0 Å². The molecule has 112 valence electrons. The third-order valence-electron chi connectivity index (χ3n) is 4.26. The zero-order chi connectivity index (χ0) is 14.8. The van der Waals surface area contributed by atoms with Gasteiger partial charge in [-0.1, -0.05) is 6.07 Å². The summed E-state index contributed by atoms with van der Waals surface area (Å²) in [4.78, 5) is 13.5. The van der Waals surface area contributed by atoms with E-state index in [1.165, 1.54) is 16.5 Å². The number of ether oxygens (including phenoxy) is 1. The van der Waals surface area contributed by atoms with Gasteiger partial charge >= 0.3 is 0 Å². The lowest BCUT2D eigenvalue weighted by atomic mass is 9.98. The van der Waals surface area contributed by atoms with E-state index in [2.05, 4.69) is 42.1 Å². The minimum Gasteiger partial charge on any atom is -0.379 e. The number of amides is 1. The molecule has 4 heteroatoms. The summed E-state index contributed by atoms with van der Waals surface area (Å²) in [6.45, 7) is 4.52. The molecule has 0 N–H and O–H groups in total. The molecule has 1 aromatic heterocycles. The Balaban J connectivity index is 1.75. The van der Waals surface area contributed by atoms with E-state index < -0.39 is 0 Å². The molecule has 4 nitrogen and oxygen atoms in total. The summed E-state index contributed by atoms with van der Waals surface area (Å²) >= 11 is 0. The average Bonchev–Trinajstić information content (AvgIpc) is 2.69. The zero-order valence-corrected chi connectivity index (χ0v) is 12.7. The SMILES string of the molecule is CC(=O)N1CCOCC(Cc2ccc3c(ccn3C)c2)C1. The number of hydrogen-bond acceptors (Lipinski definition) is 2. The van der Waals surface area contributed by atoms with E-state index in [4.69, 9.17) is 4.74 Å². The van der Waals surface area contributed by atoms with Gasteiger partial charge < -0.3 is 14.2 Å². The Morgan fingerprint density at radius 2 is 2.24 bits per heavy atom. The quantitative estimate of drug-likeness (QED) is 0.848. The van der Waals surface area contributed by atoms with Crippen molar-refractivity contribution in [3.05, 3.63) is 36.0 Å². The average molecular weight is 286 g/mol. The Morgan fingerprint density at radius 1 is 1.38 bits per heavy atom. The van der Waals surface area contributed by atoms with Crippen molar-refractivity contribution >= 4 is 16.8 Å². The second-order valence-corrected chi connectivity index (χ2v) is 5.93. The van der Waals surface area contributed by atoms with Crippen LogP contribution >= 0.6 is 0 Å². The summed E-state index contributed by atoms with van der Waals surface area (Å²) in [5.74, 6) is 0.515. The molecule has 1 saturated heterocycles. The van der Waals surface area contributed by atoms with Gasteiger partial charge in [-0.3, -0.25) is 4.79 Å². The number of benzene rings is 1. The molecule has 1 aromatic carbocycles. The molecule has 0 spiro atoms. The fourth-order valence-electron chi connectivity index (χ4n) is 3.08. The van der Waals surface area contributed by atoms with E-state index in [-0.39, 0.29) is 5.91 Å². The van der Waals surface area contributed by atoms with Crippen LogP contribution in [0.5, 0.6) is 0 Å². The van der Waals surface area contributed by atoms with E-state index in [0.29, 0.717) is 19.1 Å². The monoisotopic (exact) mass is 286 g/mol. The zero-order valence-electron chi connectivity index (χ0n) is 12.7. The van der Waals surface area contributed by atoms with Crippen LogP contribution in [0.2, 0.25) is 0 Å². The standard InChI is InChI=1S/C17H22N2O2/c1-13(20)19-7-8-21-12-15(11-19)9-14-3-4-17-16(10-14)5-6-18(17)2/h3-6,10,15H,7-9,11-12H2,1-2H3. The van der Waals surface area contributed by atoms with Crippen molar-refractivity contribution in [2.75, 3.05) is 26.3 Å². The smallest absolute Gasteiger partial charge is 0.219 e. The maximum atomic E-state index is 11.6. The molecule has 1 aliphatic rings. The molecule has 0 aliphatic carbocycles. The van der Waals surface area contributed by atoms with Crippen molar-refractivity contribution in [3.63, 3.8) is 0 Å². The molecule has 2 aromatic rings. The van der Waals surface area contributed by atoms with Gasteiger partial charge in [0.15, 0.2) is 0 Å². The number of rotatable bonds is 2. The Bertz CT molecular complexity index is 647. The topological polar surface area (TPSA) is 34.5 Å². The van der Waals surface area contributed by atoms with Crippen LogP contribution < -0.4 is 0 Å². The predicted molar refractivity (Wildman–Crippen MR) is 83.2 cm³/mol. The lowest BCUT2D eigenvalue weighted by Crippen LogP contribution is -2.34. The molecule has 0 radical (unpaired) electrons. The summed E-state index contributed by atoms with van der Waals surface area (Å²) in [5.41, 5.74) is 2.56. The molecule has 21 heavy (non-hydrogen) atoms. The third-order valence-corrected chi connectivity index (χ3v) is 4.26. The number of aryl methyl sites for hydroxylation is 1. The van der Waals surface area contributed by atoms with E-state index in [9.17, 15) is 4.79 Å². The molecule has 0 saturated carbocycles. The molecular weight excluding hydrogens is 264 g/mol. The number of carbonyl (C=O) groups is 1. The van der Waals surface area contributed by atoms with Crippen LogP contribution in [0, 0.1) is 5.92 Å². The van der Waals surface area contributed by atoms with Crippen molar-refractivity contribution in [1.29, 1.82) is 0 Å². The number of aromatic nitrogens is 1. The van der Waals surface area contributed by atoms with E-state index in [0.717, 1.165) is 19.6 Å². The fraction of sp³-hybridized carbons (Fsp3) is 0.471. The Morgan fingerprint density at radius 3 is 3.05 bits per heavy atom. The molecule has 3 rings (SSSR count). The molecular formula is C17H22N2O2. The second kappa shape index (κ2) is 5.90. The van der Waals surface area contributed by atoms with Crippen LogP contribution in [0.3, 0.4) is 0 Å². The van der Waals surface area contributed by atoms with Gasteiger partial charge in [-0.15, -0.1) is 0 Å². The fourth-order valence-corrected chi connectivity index (χ4v) is 3.08. The normalized spacial score (nSPS) is 19.7. The molecule has 1 aliphatic heterocycles. The number of nitrogens with zero attached hydrogens (tertiary/aromatic N) is 2. The molecule has 1 atom stereocenters. The highest BCUT2D eigenvalue weighted by atomic mass is 16.5. The first-order valence-corrected chi connectivity index (χ1v) is 7.50. The van der Waals surface area contributed by atoms with Gasteiger partial charge in [0, 0.05) is 44.7 Å². The third kappa shape index (κ3) is 3.10. The molecule has 0 bridgehead atoms. The Hall–Kier alpha value is -1.81. The first kappa shape index (κ1) is 14.1. The van der Waals surface area contributed by atoms with Crippen LogP contribution in [0.25, 0.3) is 10.9 Å². The highest BCUT2D eigenvalue weighted by Crippen LogP contribution is 2.20. The van der Waals surface area contributed by atoms with Gasteiger partial charge in [0.2, 0.25) is 5.91 Å². The summed E-state index contributed by atoms with van der Waals surface area (Å²) in [6, 6.07) is 8.75. The number of hydrogen-bond donors (Lipinski definition) is 0. The van der Waals surface area contributed by atoms with Gasteiger partial charge in [0.05, 0.1) is 13.2 Å². The van der Waals surface area contributed by atoms with Crippen LogP contribution in [0.1, 0.15) is 12.5 Å². The van der Waals surface area contributed by atoms with Gasteiger partial charge in [-0.05, 0) is 35.6 Å². The van der Waals surface area contributed by atoms with Crippen molar-refractivity contribution in [1.82, 2.24) is 9.47 Å². The minimum absolute atomic E-state index is 0.143. The largest absolute Gasteiger partial charge is 0.379 e. The van der Waals surface area contributed by atoms with Gasteiger partial charge in [0.25, 0.3) is 0 Å². The Kier molecular flexibility index (Phi) is 3.97. The van der Waals surface area contributed by atoms with Gasteiger partial charge in [-0.2, -0.15) is 0 Å². The van der Waals surface area contributed by atoms with Crippen molar-refractivity contribution in [2.24, 2.45) is 13.0 Å². The van der Waals surface area contributed by atoms with E-state index in [1.54, 1.807) is 6.92 Å². The van der Waals surface area contributed by atoms with Gasteiger partial charge in [-0.25, -0.2) is 0 Å².